The lowest BCUT2D eigenvalue weighted by atomic mass is 9.94. The van der Waals surface area contributed by atoms with Gasteiger partial charge in [-0.1, -0.05) is 40.2 Å². The van der Waals surface area contributed by atoms with Crippen LogP contribution < -0.4 is 9.64 Å². The largest absolute Gasteiger partial charge is 0.507 e. The molecule has 0 aliphatic carbocycles. The SMILES string of the molecule is CC(=O)Oc1ccc(C2/C(=C(\O)c3ccc(Br)c(C)c3)C(=O)C(=O)N2c2ccc(C)c(C)c2)cc1. The fraction of sp³-hybridized carbons (Fsp3) is 0.179. The van der Waals surface area contributed by atoms with E-state index in [-0.39, 0.29) is 11.3 Å². The van der Waals surface area contributed by atoms with Gasteiger partial charge in [-0.3, -0.25) is 19.3 Å². The van der Waals surface area contributed by atoms with Gasteiger partial charge in [0.25, 0.3) is 11.7 Å². The van der Waals surface area contributed by atoms with Crippen LogP contribution >= 0.6 is 15.9 Å². The van der Waals surface area contributed by atoms with Crippen molar-refractivity contribution < 1.29 is 24.2 Å². The van der Waals surface area contributed by atoms with Gasteiger partial charge in [0.05, 0.1) is 11.6 Å². The minimum Gasteiger partial charge on any atom is -0.507 e. The Morgan fingerprint density at radius 3 is 2.20 bits per heavy atom. The third-order valence-electron chi connectivity index (χ3n) is 6.10. The normalized spacial score (nSPS) is 17.1. The molecule has 1 unspecified atom stereocenters. The number of esters is 1. The molecule has 6 nitrogen and oxygen atoms in total. The van der Waals surface area contributed by atoms with Crippen molar-refractivity contribution in [3.63, 3.8) is 0 Å². The van der Waals surface area contributed by atoms with Crippen LogP contribution in [0.5, 0.6) is 5.75 Å². The van der Waals surface area contributed by atoms with Gasteiger partial charge in [0, 0.05) is 22.6 Å². The smallest absolute Gasteiger partial charge is 0.308 e. The second kappa shape index (κ2) is 9.50. The summed E-state index contributed by atoms with van der Waals surface area (Å²) in [5, 5.41) is 11.3. The summed E-state index contributed by atoms with van der Waals surface area (Å²) in [5.74, 6) is -1.86. The highest BCUT2D eigenvalue weighted by molar-refractivity contribution is 9.10. The number of aliphatic hydroxyl groups is 1. The van der Waals surface area contributed by atoms with Gasteiger partial charge in [0.1, 0.15) is 11.5 Å². The molecule has 1 aliphatic heterocycles. The zero-order valence-corrected chi connectivity index (χ0v) is 21.3. The molecule has 0 bridgehead atoms. The number of amides is 1. The average molecular weight is 534 g/mol. The van der Waals surface area contributed by atoms with E-state index in [1.807, 2.05) is 32.9 Å². The maximum atomic E-state index is 13.3. The molecule has 1 N–H and O–H groups in total. The molecule has 0 spiro atoms. The maximum Gasteiger partial charge on any atom is 0.308 e. The number of rotatable bonds is 4. The third-order valence-corrected chi connectivity index (χ3v) is 6.99. The quantitative estimate of drug-likeness (QED) is 0.148. The first kappa shape index (κ1) is 24.4. The second-order valence-corrected chi connectivity index (χ2v) is 9.42. The van der Waals surface area contributed by atoms with Crippen LogP contribution in [0, 0.1) is 20.8 Å². The minimum absolute atomic E-state index is 0.00446. The van der Waals surface area contributed by atoms with Gasteiger partial charge in [-0.15, -0.1) is 0 Å². The van der Waals surface area contributed by atoms with E-state index >= 15 is 0 Å². The van der Waals surface area contributed by atoms with E-state index in [0.29, 0.717) is 22.6 Å². The zero-order chi connectivity index (χ0) is 25.4. The van der Waals surface area contributed by atoms with Crippen LogP contribution in [0.4, 0.5) is 5.69 Å². The number of carbonyl (C=O) groups excluding carboxylic acids is 3. The Kier molecular flexibility index (Phi) is 6.63. The minimum atomic E-state index is -0.868. The number of ether oxygens (including phenoxy) is 1. The number of ketones is 1. The van der Waals surface area contributed by atoms with Gasteiger partial charge in [-0.2, -0.15) is 0 Å². The van der Waals surface area contributed by atoms with Crippen LogP contribution in [0.1, 0.15) is 40.8 Å². The molecule has 7 heteroatoms. The summed E-state index contributed by atoms with van der Waals surface area (Å²) in [6.45, 7) is 7.08. The van der Waals surface area contributed by atoms with Crippen LogP contribution in [0.25, 0.3) is 5.76 Å². The number of anilines is 1. The molecule has 0 radical (unpaired) electrons. The number of halogens is 1. The summed E-state index contributed by atoms with van der Waals surface area (Å²) >= 11 is 3.45. The Bertz CT molecular complexity index is 1390. The van der Waals surface area contributed by atoms with Crippen molar-refractivity contribution in [3.8, 4) is 5.75 Å². The molecule has 178 valence electrons. The Labute approximate surface area is 212 Å². The summed E-state index contributed by atoms with van der Waals surface area (Å²) in [7, 11) is 0. The lowest BCUT2D eigenvalue weighted by molar-refractivity contribution is -0.132. The number of hydrogen-bond acceptors (Lipinski definition) is 5. The van der Waals surface area contributed by atoms with Gasteiger partial charge < -0.3 is 9.84 Å². The summed E-state index contributed by atoms with van der Waals surface area (Å²) in [6, 6.07) is 16.5. The Hall–Kier alpha value is -3.71. The standard InChI is InChI=1S/C28H24BrNO5/c1-15-5-9-21(14-16(15)2)30-25(19-6-10-22(11-7-19)35-18(4)31)24(27(33)28(30)34)26(32)20-8-12-23(29)17(3)13-20/h5-14,25,32H,1-4H3/b26-24+. The molecule has 1 amide bonds. The lowest BCUT2D eigenvalue weighted by Gasteiger charge is -2.26. The molecule has 1 atom stereocenters. The molecular formula is C28H24BrNO5. The zero-order valence-electron chi connectivity index (χ0n) is 19.8. The highest BCUT2D eigenvalue weighted by Gasteiger charge is 2.47. The van der Waals surface area contributed by atoms with Crippen LogP contribution in [-0.4, -0.2) is 22.8 Å². The van der Waals surface area contributed by atoms with Crippen molar-refractivity contribution >= 4 is 45.0 Å². The first-order valence-electron chi connectivity index (χ1n) is 11.0. The third kappa shape index (κ3) is 4.64. The van der Waals surface area contributed by atoms with Gasteiger partial charge >= 0.3 is 5.97 Å². The predicted octanol–water partition coefficient (Wildman–Crippen LogP) is 5.93. The first-order chi connectivity index (χ1) is 16.6. The van der Waals surface area contributed by atoms with Gasteiger partial charge in [-0.25, -0.2) is 0 Å². The van der Waals surface area contributed by atoms with E-state index in [1.54, 1.807) is 48.5 Å². The van der Waals surface area contributed by atoms with Crippen molar-refractivity contribution in [2.75, 3.05) is 4.90 Å². The highest BCUT2D eigenvalue weighted by atomic mass is 79.9. The monoisotopic (exact) mass is 533 g/mol. The molecule has 4 rings (SSSR count). The van der Waals surface area contributed by atoms with Gasteiger partial charge in [-0.05, 0) is 79.4 Å². The van der Waals surface area contributed by atoms with Crippen LogP contribution in [0.3, 0.4) is 0 Å². The number of Topliss-reactive ketones (excluding diaryl/α,β-unsaturated/α-hetero) is 1. The van der Waals surface area contributed by atoms with Gasteiger partial charge in [0.15, 0.2) is 0 Å². The van der Waals surface area contributed by atoms with E-state index < -0.39 is 23.7 Å². The Morgan fingerprint density at radius 2 is 1.60 bits per heavy atom. The van der Waals surface area contributed by atoms with Crippen LogP contribution in [-0.2, 0) is 14.4 Å². The van der Waals surface area contributed by atoms with Crippen molar-refractivity contribution in [2.45, 2.75) is 33.7 Å². The molecule has 1 fully saturated rings. The predicted molar refractivity (Wildman–Crippen MR) is 137 cm³/mol. The van der Waals surface area contributed by atoms with E-state index in [4.69, 9.17) is 4.74 Å². The van der Waals surface area contributed by atoms with Crippen molar-refractivity contribution in [3.05, 3.63) is 98.5 Å². The Morgan fingerprint density at radius 1 is 0.914 bits per heavy atom. The number of nitrogens with zero attached hydrogens (tertiary/aromatic N) is 1. The summed E-state index contributed by atoms with van der Waals surface area (Å²) in [6.07, 6.45) is 0. The van der Waals surface area contributed by atoms with Gasteiger partial charge in [0.2, 0.25) is 0 Å². The van der Waals surface area contributed by atoms with E-state index in [1.165, 1.54) is 11.8 Å². The summed E-state index contributed by atoms with van der Waals surface area (Å²) in [5.41, 5.74) is 4.47. The molecule has 35 heavy (non-hydrogen) atoms. The molecule has 3 aromatic carbocycles. The molecule has 1 heterocycles. The second-order valence-electron chi connectivity index (χ2n) is 8.56. The van der Waals surface area contributed by atoms with Crippen LogP contribution in [0.2, 0.25) is 0 Å². The van der Waals surface area contributed by atoms with Crippen molar-refractivity contribution in [2.24, 2.45) is 0 Å². The molecule has 1 saturated heterocycles. The summed E-state index contributed by atoms with van der Waals surface area (Å²) < 4.78 is 5.99. The fourth-order valence-corrected chi connectivity index (χ4v) is 4.37. The van der Waals surface area contributed by atoms with E-state index in [0.717, 1.165) is 21.2 Å². The molecule has 0 saturated carbocycles. The van der Waals surface area contributed by atoms with Crippen molar-refractivity contribution in [1.82, 2.24) is 0 Å². The van der Waals surface area contributed by atoms with E-state index in [9.17, 15) is 19.5 Å². The lowest BCUT2D eigenvalue weighted by Crippen LogP contribution is -2.29. The topological polar surface area (TPSA) is 83.9 Å². The molecule has 3 aromatic rings. The number of aryl methyl sites for hydroxylation is 3. The Balaban J connectivity index is 1.92. The highest BCUT2D eigenvalue weighted by Crippen LogP contribution is 2.43. The summed E-state index contributed by atoms with van der Waals surface area (Å²) in [4.78, 5) is 39.4. The number of aliphatic hydroxyl groups excluding tert-OH is 1. The first-order valence-corrected chi connectivity index (χ1v) is 11.8. The number of carbonyl (C=O) groups is 3. The number of benzene rings is 3. The van der Waals surface area contributed by atoms with E-state index in [2.05, 4.69) is 15.9 Å². The average Bonchev–Trinajstić information content (AvgIpc) is 3.07. The number of hydrogen-bond donors (Lipinski definition) is 1. The molecule has 0 aromatic heterocycles. The van der Waals surface area contributed by atoms with Crippen LogP contribution in [0.15, 0.2) is 70.7 Å². The fourth-order valence-electron chi connectivity index (χ4n) is 4.12. The molecular weight excluding hydrogens is 510 g/mol. The van der Waals surface area contributed by atoms with Crippen molar-refractivity contribution in [1.29, 1.82) is 0 Å². The molecule has 1 aliphatic rings. The maximum absolute atomic E-state index is 13.3.